The second-order valence-electron chi connectivity index (χ2n) is 6.03. The highest BCUT2D eigenvalue weighted by atomic mass is 16.5. The molecule has 0 saturated heterocycles. The first-order valence-electron chi connectivity index (χ1n) is 5.82. The van der Waals surface area contributed by atoms with Gasteiger partial charge < -0.3 is 15.8 Å². The van der Waals surface area contributed by atoms with Gasteiger partial charge in [-0.15, -0.1) is 0 Å². The van der Waals surface area contributed by atoms with Crippen molar-refractivity contribution in [2.45, 2.75) is 58.2 Å². The van der Waals surface area contributed by atoms with Gasteiger partial charge in [-0.05, 0) is 33.2 Å². The molecule has 2 unspecified atom stereocenters. The number of hydrogen-bond donors (Lipinski definition) is 2. The van der Waals surface area contributed by atoms with Gasteiger partial charge in [0.2, 0.25) is 0 Å². The van der Waals surface area contributed by atoms with Crippen LogP contribution < -0.4 is 11.1 Å². The van der Waals surface area contributed by atoms with Gasteiger partial charge in [0.15, 0.2) is 0 Å². The average Bonchev–Trinajstić information content (AvgIpc) is 2.08. The molecule has 3 heteroatoms. The lowest BCUT2D eigenvalue weighted by atomic mass is 9.64. The van der Waals surface area contributed by atoms with Crippen LogP contribution >= 0.6 is 0 Å². The smallest absolute Gasteiger partial charge is 0.0652 e. The van der Waals surface area contributed by atoms with E-state index in [0.717, 1.165) is 19.4 Å². The van der Waals surface area contributed by atoms with Crippen LogP contribution in [0.3, 0.4) is 0 Å². The van der Waals surface area contributed by atoms with Crippen molar-refractivity contribution in [1.82, 2.24) is 5.32 Å². The molecule has 0 radical (unpaired) electrons. The van der Waals surface area contributed by atoms with Crippen LogP contribution in [0.15, 0.2) is 0 Å². The molecule has 0 aromatic heterocycles. The van der Waals surface area contributed by atoms with E-state index < -0.39 is 0 Å². The number of rotatable bonds is 5. The minimum Gasteiger partial charge on any atom is -0.381 e. The monoisotopic (exact) mass is 214 g/mol. The maximum atomic E-state index is 5.94. The molecule has 0 aromatic rings. The summed E-state index contributed by atoms with van der Waals surface area (Å²) >= 11 is 0. The second kappa shape index (κ2) is 4.40. The van der Waals surface area contributed by atoms with Gasteiger partial charge in [0.05, 0.1) is 6.10 Å². The lowest BCUT2D eigenvalue weighted by Gasteiger charge is -2.51. The Hall–Kier alpha value is -0.120. The standard InChI is InChI=1S/C12H26N2O/c1-11(2,13)6-7-14-9-8-10(15-5)12(9,3)4/h9-10,14H,6-8,13H2,1-5H3. The van der Waals surface area contributed by atoms with E-state index in [9.17, 15) is 0 Å². The molecule has 1 fully saturated rings. The number of hydrogen-bond acceptors (Lipinski definition) is 3. The summed E-state index contributed by atoms with van der Waals surface area (Å²) in [6, 6.07) is 0.574. The minimum atomic E-state index is -0.0679. The molecule has 1 rings (SSSR count). The van der Waals surface area contributed by atoms with Gasteiger partial charge >= 0.3 is 0 Å². The molecule has 15 heavy (non-hydrogen) atoms. The zero-order chi connectivity index (χ0) is 11.7. The fraction of sp³-hybridized carbons (Fsp3) is 1.00. The van der Waals surface area contributed by atoms with Crippen molar-refractivity contribution in [3.8, 4) is 0 Å². The van der Waals surface area contributed by atoms with Crippen molar-refractivity contribution >= 4 is 0 Å². The van der Waals surface area contributed by atoms with Crippen molar-refractivity contribution in [3.63, 3.8) is 0 Å². The molecule has 0 spiro atoms. The lowest BCUT2D eigenvalue weighted by molar-refractivity contribution is -0.0974. The van der Waals surface area contributed by atoms with E-state index in [0.29, 0.717) is 12.1 Å². The molecule has 0 aliphatic heterocycles. The molecular formula is C12H26N2O. The van der Waals surface area contributed by atoms with E-state index >= 15 is 0 Å². The lowest BCUT2D eigenvalue weighted by Crippen LogP contribution is -2.61. The van der Waals surface area contributed by atoms with Gasteiger partial charge in [0, 0.05) is 24.1 Å². The first-order valence-corrected chi connectivity index (χ1v) is 5.82. The van der Waals surface area contributed by atoms with E-state index in [1.54, 1.807) is 7.11 Å². The van der Waals surface area contributed by atoms with Crippen LogP contribution in [0.1, 0.15) is 40.5 Å². The van der Waals surface area contributed by atoms with Gasteiger partial charge in [0.25, 0.3) is 0 Å². The average molecular weight is 214 g/mol. The topological polar surface area (TPSA) is 47.3 Å². The molecule has 1 saturated carbocycles. The maximum absolute atomic E-state index is 5.94. The summed E-state index contributed by atoms with van der Waals surface area (Å²) in [5.41, 5.74) is 6.13. The van der Waals surface area contributed by atoms with E-state index in [1.807, 2.05) is 0 Å². The minimum absolute atomic E-state index is 0.0679. The van der Waals surface area contributed by atoms with Crippen molar-refractivity contribution in [3.05, 3.63) is 0 Å². The molecule has 90 valence electrons. The maximum Gasteiger partial charge on any atom is 0.0652 e. The zero-order valence-corrected chi connectivity index (χ0v) is 10.8. The zero-order valence-electron chi connectivity index (χ0n) is 10.8. The van der Waals surface area contributed by atoms with Gasteiger partial charge in [-0.1, -0.05) is 13.8 Å². The van der Waals surface area contributed by atoms with E-state index in [-0.39, 0.29) is 11.0 Å². The summed E-state index contributed by atoms with van der Waals surface area (Å²) < 4.78 is 5.41. The largest absolute Gasteiger partial charge is 0.381 e. The molecule has 1 aliphatic carbocycles. The predicted octanol–water partition coefficient (Wildman–Crippen LogP) is 1.52. The highest BCUT2D eigenvalue weighted by molar-refractivity contribution is 5.02. The van der Waals surface area contributed by atoms with E-state index in [1.165, 1.54) is 0 Å². The van der Waals surface area contributed by atoms with Gasteiger partial charge in [0.1, 0.15) is 0 Å². The van der Waals surface area contributed by atoms with Crippen LogP contribution in [0.4, 0.5) is 0 Å². The first kappa shape index (κ1) is 12.9. The quantitative estimate of drug-likeness (QED) is 0.729. The van der Waals surface area contributed by atoms with Crippen molar-refractivity contribution in [2.24, 2.45) is 11.1 Å². The number of methoxy groups -OCH3 is 1. The normalized spacial score (nSPS) is 30.0. The van der Waals surface area contributed by atoms with E-state index in [4.69, 9.17) is 10.5 Å². The van der Waals surface area contributed by atoms with Crippen molar-refractivity contribution < 1.29 is 4.74 Å². The van der Waals surface area contributed by atoms with Crippen LogP contribution in [-0.2, 0) is 4.74 Å². The Morgan fingerprint density at radius 1 is 1.47 bits per heavy atom. The highest BCUT2D eigenvalue weighted by Gasteiger charge is 2.48. The SMILES string of the molecule is COC1CC(NCCC(C)(C)N)C1(C)C. The first-order chi connectivity index (χ1) is 6.77. The number of nitrogens with two attached hydrogens (primary N) is 1. The summed E-state index contributed by atoms with van der Waals surface area (Å²) in [6.07, 6.45) is 2.53. The van der Waals surface area contributed by atoms with Crippen molar-refractivity contribution in [2.75, 3.05) is 13.7 Å². The fourth-order valence-corrected chi connectivity index (χ4v) is 2.20. The second-order valence-corrected chi connectivity index (χ2v) is 6.03. The number of nitrogens with one attached hydrogen (secondary N) is 1. The van der Waals surface area contributed by atoms with Crippen LogP contribution in [0, 0.1) is 5.41 Å². The summed E-state index contributed by atoms with van der Waals surface area (Å²) in [7, 11) is 1.80. The van der Waals surface area contributed by atoms with Crippen LogP contribution in [0.25, 0.3) is 0 Å². The van der Waals surface area contributed by atoms with Gasteiger partial charge in [-0.2, -0.15) is 0 Å². The Bertz CT molecular complexity index is 208. The Kier molecular flexibility index (Phi) is 3.80. The van der Waals surface area contributed by atoms with Crippen LogP contribution in [-0.4, -0.2) is 31.3 Å². The summed E-state index contributed by atoms with van der Waals surface area (Å²) in [6.45, 7) is 9.65. The third kappa shape index (κ3) is 3.16. The molecule has 0 heterocycles. The molecule has 3 nitrogen and oxygen atoms in total. The van der Waals surface area contributed by atoms with Crippen LogP contribution in [0.2, 0.25) is 0 Å². The Balaban J connectivity index is 2.25. The van der Waals surface area contributed by atoms with Crippen LogP contribution in [0.5, 0.6) is 0 Å². The summed E-state index contributed by atoms with van der Waals surface area (Å²) in [4.78, 5) is 0. The van der Waals surface area contributed by atoms with E-state index in [2.05, 4.69) is 33.0 Å². The Labute approximate surface area is 93.8 Å². The molecule has 1 aliphatic rings. The van der Waals surface area contributed by atoms with Gasteiger partial charge in [-0.25, -0.2) is 0 Å². The molecule has 3 N–H and O–H groups in total. The Morgan fingerprint density at radius 3 is 2.47 bits per heavy atom. The third-order valence-corrected chi connectivity index (χ3v) is 3.62. The highest BCUT2D eigenvalue weighted by Crippen LogP contribution is 2.42. The molecule has 0 bridgehead atoms. The summed E-state index contributed by atoms with van der Waals surface area (Å²) in [5, 5.41) is 3.57. The molecular weight excluding hydrogens is 188 g/mol. The van der Waals surface area contributed by atoms with Gasteiger partial charge in [-0.3, -0.25) is 0 Å². The molecule has 2 atom stereocenters. The third-order valence-electron chi connectivity index (χ3n) is 3.62. The number of ether oxygens (including phenoxy) is 1. The summed E-state index contributed by atoms with van der Waals surface area (Å²) in [5.74, 6) is 0. The fourth-order valence-electron chi connectivity index (χ4n) is 2.20. The van der Waals surface area contributed by atoms with Crippen molar-refractivity contribution in [1.29, 1.82) is 0 Å². The molecule has 0 amide bonds. The Morgan fingerprint density at radius 2 is 2.07 bits per heavy atom. The molecule has 0 aromatic carbocycles. The predicted molar refractivity (Wildman–Crippen MR) is 63.9 cm³/mol.